The van der Waals surface area contributed by atoms with Crippen molar-refractivity contribution >= 4 is 12.1 Å². The van der Waals surface area contributed by atoms with Crippen LogP contribution in [0.15, 0.2) is 0 Å². The molecule has 0 fully saturated rings. The molecule has 5 heteroatoms. The average molecular weight is 191 g/mol. The van der Waals surface area contributed by atoms with Gasteiger partial charge in [0, 0.05) is 0 Å². The fraction of sp³-hybridized carbons (Fsp3) is 0.750. The standard InChI is InChI=1S/C8H14FNO3/c1-8(2,3)4-5(6(9)11)10-7(12)13/h5,10H,4H2,1-3H3,(H,12,13). The summed E-state index contributed by atoms with van der Waals surface area (Å²) in [5.41, 5.74) is -0.297. The predicted octanol–water partition coefficient (Wildman–Crippen LogP) is 1.55. The molecule has 0 aliphatic heterocycles. The van der Waals surface area contributed by atoms with Crippen LogP contribution in [-0.2, 0) is 4.79 Å². The zero-order valence-electron chi connectivity index (χ0n) is 7.93. The highest BCUT2D eigenvalue weighted by Crippen LogP contribution is 2.21. The molecule has 1 atom stereocenters. The molecule has 0 bridgehead atoms. The number of nitrogens with one attached hydrogen (secondary N) is 1. The van der Waals surface area contributed by atoms with E-state index in [4.69, 9.17) is 5.11 Å². The Labute approximate surface area is 76.1 Å². The van der Waals surface area contributed by atoms with Crippen molar-refractivity contribution in [2.45, 2.75) is 33.2 Å². The van der Waals surface area contributed by atoms with Crippen molar-refractivity contribution in [3.63, 3.8) is 0 Å². The van der Waals surface area contributed by atoms with E-state index >= 15 is 0 Å². The Morgan fingerprint density at radius 1 is 1.46 bits per heavy atom. The van der Waals surface area contributed by atoms with Gasteiger partial charge in [-0.2, -0.15) is 4.39 Å². The Balaban J connectivity index is 4.27. The van der Waals surface area contributed by atoms with Crippen LogP contribution < -0.4 is 5.32 Å². The van der Waals surface area contributed by atoms with Crippen LogP contribution in [0.1, 0.15) is 27.2 Å². The fourth-order valence-electron chi connectivity index (χ4n) is 0.949. The summed E-state index contributed by atoms with van der Waals surface area (Å²) in [6, 6.07) is -2.89. The van der Waals surface area contributed by atoms with Gasteiger partial charge >= 0.3 is 12.1 Å². The molecule has 1 unspecified atom stereocenters. The van der Waals surface area contributed by atoms with E-state index in [9.17, 15) is 14.0 Å². The molecule has 4 nitrogen and oxygen atoms in total. The number of hydrogen-bond donors (Lipinski definition) is 2. The topological polar surface area (TPSA) is 66.4 Å². The summed E-state index contributed by atoms with van der Waals surface area (Å²) in [6.45, 7) is 5.39. The van der Waals surface area contributed by atoms with Crippen molar-refractivity contribution in [1.82, 2.24) is 5.32 Å². The third-order valence-electron chi connectivity index (χ3n) is 1.39. The van der Waals surface area contributed by atoms with Gasteiger partial charge in [0.25, 0.3) is 0 Å². The monoisotopic (exact) mass is 191 g/mol. The van der Waals surface area contributed by atoms with E-state index < -0.39 is 18.2 Å². The molecule has 0 saturated heterocycles. The third-order valence-corrected chi connectivity index (χ3v) is 1.39. The first kappa shape index (κ1) is 11.9. The Kier molecular flexibility index (Phi) is 3.84. The van der Waals surface area contributed by atoms with E-state index in [2.05, 4.69) is 0 Å². The number of amides is 1. The summed E-state index contributed by atoms with van der Waals surface area (Å²) in [5.74, 6) is 0. The summed E-state index contributed by atoms with van der Waals surface area (Å²) >= 11 is 0. The highest BCUT2D eigenvalue weighted by Gasteiger charge is 2.26. The van der Waals surface area contributed by atoms with Crippen molar-refractivity contribution < 1.29 is 19.1 Å². The van der Waals surface area contributed by atoms with Crippen LogP contribution in [0, 0.1) is 5.41 Å². The van der Waals surface area contributed by atoms with Crippen LogP contribution in [0.25, 0.3) is 0 Å². The Hall–Kier alpha value is -1.13. The van der Waals surface area contributed by atoms with E-state index in [1.165, 1.54) is 0 Å². The van der Waals surface area contributed by atoms with Crippen molar-refractivity contribution in [1.29, 1.82) is 0 Å². The molecule has 0 rings (SSSR count). The summed E-state index contributed by atoms with van der Waals surface area (Å²) in [6.07, 6.45) is -1.24. The lowest BCUT2D eigenvalue weighted by Crippen LogP contribution is -2.40. The highest BCUT2D eigenvalue weighted by atomic mass is 19.1. The van der Waals surface area contributed by atoms with Crippen molar-refractivity contribution in [2.75, 3.05) is 0 Å². The molecule has 0 aromatic heterocycles. The van der Waals surface area contributed by atoms with Crippen LogP contribution in [-0.4, -0.2) is 23.3 Å². The molecule has 0 radical (unpaired) electrons. The SMILES string of the molecule is CC(C)(C)CC(NC(=O)O)C(=O)F. The zero-order valence-corrected chi connectivity index (χ0v) is 7.93. The largest absolute Gasteiger partial charge is 0.465 e. The molecular weight excluding hydrogens is 177 g/mol. The minimum atomic E-state index is -1.64. The first-order valence-corrected chi connectivity index (χ1v) is 3.91. The maximum Gasteiger partial charge on any atom is 0.405 e. The molecule has 13 heavy (non-hydrogen) atoms. The minimum Gasteiger partial charge on any atom is -0.465 e. The zero-order chi connectivity index (χ0) is 10.6. The summed E-state index contributed by atoms with van der Waals surface area (Å²) < 4.78 is 12.3. The average Bonchev–Trinajstić information content (AvgIpc) is 1.81. The van der Waals surface area contributed by atoms with Gasteiger partial charge in [-0.15, -0.1) is 0 Å². The summed E-state index contributed by atoms with van der Waals surface area (Å²) in [7, 11) is 0. The van der Waals surface area contributed by atoms with Crippen LogP contribution in [0.5, 0.6) is 0 Å². The van der Waals surface area contributed by atoms with Gasteiger partial charge in [-0.25, -0.2) is 4.79 Å². The molecule has 0 aliphatic rings. The summed E-state index contributed by atoms with van der Waals surface area (Å²) in [5, 5.41) is 10.1. The molecule has 0 aromatic carbocycles. The normalized spacial score (nSPS) is 13.5. The number of rotatable bonds is 3. The molecule has 1 amide bonds. The molecule has 0 heterocycles. The van der Waals surface area contributed by atoms with E-state index in [0.717, 1.165) is 0 Å². The number of carboxylic acid groups (broad SMARTS) is 1. The second-order valence-corrected chi connectivity index (χ2v) is 4.07. The number of carbonyl (C=O) groups excluding carboxylic acids is 1. The van der Waals surface area contributed by atoms with E-state index in [1.807, 2.05) is 5.32 Å². The van der Waals surface area contributed by atoms with Gasteiger partial charge in [0.15, 0.2) is 0 Å². The molecule has 0 spiro atoms. The third kappa shape index (κ3) is 6.07. The Morgan fingerprint density at radius 2 is 1.92 bits per heavy atom. The maximum absolute atomic E-state index is 12.3. The Morgan fingerprint density at radius 3 is 2.15 bits per heavy atom. The van der Waals surface area contributed by atoms with E-state index in [1.54, 1.807) is 20.8 Å². The summed E-state index contributed by atoms with van der Waals surface area (Å²) in [4.78, 5) is 20.5. The second-order valence-electron chi connectivity index (χ2n) is 4.07. The number of carbonyl (C=O) groups is 2. The van der Waals surface area contributed by atoms with Crippen molar-refractivity contribution in [2.24, 2.45) is 5.41 Å². The predicted molar refractivity (Wildman–Crippen MR) is 45.1 cm³/mol. The quantitative estimate of drug-likeness (QED) is 0.665. The lowest BCUT2D eigenvalue weighted by Gasteiger charge is -2.22. The fourth-order valence-corrected chi connectivity index (χ4v) is 0.949. The van der Waals surface area contributed by atoms with E-state index in [0.29, 0.717) is 0 Å². The first-order chi connectivity index (χ1) is 5.72. The smallest absolute Gasteiger partial charge is 0.405 e. The van der Waals surface area contributed by atoms with Gasteiger partial charge in [-0.1, -0.05) is 20.8 Å². The van der Waals surface area contributed by atoms with Gasteiger partial charge in [0.2, 0.25) is 0 Å². The van der Waals surface area contributed by atoms with Crippen LogP contribution in [0.3, 0.4) is 0 Å². The van der Waals surface area contributed by atoms with Crippen molar-refractivity contribution in [3.8, 4) is 0 Å². The first-order valence-electron chi connectivity index (χ1n) is 3.91. The van der Waals surface area contributed by atoms with Crippen LogP contribution in [0.2, 0.25) is 0 Å². The van der Waals surface area contributed by atoms with Gasteiger partial charge in [0.1, 0.15) is 6.04 Å². The maximum atomic E-state index is 12.3. The second kappa shape index (κ2) is 4.20. The highest BCUT2D eigenvalue weighted by molar-refractivity contribution is 5.79. The Bertz CT molecular complexity index is 210. The van der Waals surface area contributed by atoms with E-state index in [-0.39, 0.29) is 11.8 Å². The van der Waals surface area contributed by atoms with Gasteiger partial charge in [-0.05, 0) is 11.8 Å². The van der Waals surface area contributed by atoms with Crippen LogP contribution in [0.4, 0.5) is 9.18 Å². The van der Waals surface area contributed by atoms with Gasteiger partial charge < -0.3 is 10.4 Å². The lowest BCUT2D eigenvalue weighted by atomic mass is 9.88. The number of halogens is 1. The lowest BCUT2D eigenvalue weighted by molar-refractivity contribution is -0.132. The minimum absolute atomic E-state index is 0.147. The molecule has 0 aromatic rings. The molecular formula is C8H14FNO3. The van der Waals surface area contributed by atoms with Crippen molar-refractivity contribution in [3.05, 3.63) is 0 Å². The van der Waals surface area contributed by atoms with Gasteiger partial charge in [0.05, 0.1) is 0 Å². The number of hydrogen-bond acceptors (Lipinski definition) is 2. The van der Waals surface area contributed by atoms with Gasteiger partial charge in [-0.3, -0.25) is 4.79 Å². The molecule has 0 aliphatic carbocycles. The molecule has 0 saturated carbocycles. The van der Waals surface area contributed by atoms with Crippen LogP contribution >= 0.6 is 0 Å². The molecule has 2 N–H and O–H groups in total. The molecule has 76 valence electrons.